The van der Waals surface area contributed by atoms with Crippen LogP contribution >= 0.6 is 0 Å². The maximum Gasteiger partial charge on any atom is 0.416 e. The van der Waals surface area contributed by atoms with E-state index in [0.717, 1.165) is 29.2 Å². The van der Waals surface area contributed by atoms with Gasteiger partial charge in [-0.05, 0) is 44.5 Å². The van der Waals surface area contributed by atoms with Crippen LogP contribution in [0, 0.1) is 20.8 Å². The standard InChI is InChI=1S/C26H27F3N4O/c1-17-7-9-20(10-8-17)15-23-18(2)30-19(3)31-24(23)32-11-13-33(14-12-32)25(34)21-5-4-6-22(16-21)26(27,28)29/h4-10,16H,11-15H2,1-3H3. The van der Waals surface area contributed by atoms with Gasteiger partial charge in [0.1, 0.15) is 11.6 Å². The molecule has 8 heteroatoms. The summed E-state index contributed by atoms with van der Waals surface area (Å²) in [6.07, 6.45) is -3.78. The lowest BCUT2D eigenvalue weighted by Gasteiger charge is -2.36. The van der Waals surface area contributed by atoms with Crippen LogP contribution < -0.4 is 4.90 Å². The number of amides is 1. The highest BCUT2D eigenvalue weighted by molar-refractivity contribution is 5.94. The Bertz CT molecular complexity index is 1180. The summed E-state index contributed by atoms with van der Waals surface area (Å²) in [5.74, 6) is 1.15. The normalized spacial score (nSPS) is 14.4. The van der Waals surface area contributed by atoms with Crippen molar-refractivity contribution >= 4 is 11.7 Å². The zero-order chi connectivity index (χ0) is 24.5. The summed E-state index contributed by atoms with van der Waals surface area (Å²) < 4.78 is 39.1. The Morgan fingerprint density at radius 1 is 0.941 bits per heavy atom. The van der Waals surface area contributed by atoms with E-state index in [9.17, 15) is 18.0 Å². The molecule has 1 aliphatic heterocycles. The third-order valence-corrected chi connectivity index (χ3v) is 6.11. The number of aromatic nitrogens is 2. The van der Waals surface area contributed by atoms with Crippen molar-refractivity contribution in [3.05, 3.63) is 87.9 Å². The number of hydrogen-bond acceptors (Lipinski definition) is 4. The number of piperazine rings is 1. The van der Waals surface area contributed by atoms with Crippen LogP contribution in [-0.4, -0.2) is 47.0 Å². The number of carbonyl (C=O) groups is 1. The highest BCUT2D eigenvalue weighted by Crippen LogP contribution is 2.30. The summed E-state index contributed by atoms with van der Waals surface area (Å²) in [7, 11) is 0. The first kappa shape index (κ1) is 23.7. The average molecular weight is 469 g/mol. The average Bonchev–Trinajstić information content (AvgIpc) is 2.81. The number of halogens is 3. The predicted octanol–water partition coefficient (Wildman–Crippen LogP) is 4.97. The van der Waals surface area contributed by atoms with Crippen LogP contribution in [0.4, 0.5) is 19.0 Å². The van der Waals surface area contributed by atoms with Crippen molar-refractivity contribution < 1.29 is 18.0 Å². The maximum absolute atomic E-state index is 13.0. The van der Waals surface area contributed by atoms with E-state index in [-0.39, 0.29) is 11.5 Å². The predicted molar refractivity (Wildman–Crippen MR) is 125 cm³/mol. The lowest BCUT2D eigenvalue weighted by atomic mass is 10.0. The lowest BCUT2D eigenvalue weighted by molar-refractivity contribution is -0.137. The van der Waals surface area contributed by atoms with Gasteiger partial charge in [0.25, 0.3) is 5.91 Å². The fourth-order valence-electron chi connectivity index (χ4n) is 4.23. The molecule has 1 aromatic heterocycles. The largest absolute Gasteiger partial charge is 0.416 e. The van der Waals surface area contributed by atoms with E-state index in [1.807, 2.05) is 13.8 Å². The molecule has 1 fully saturated rings. The van der Waals surface area contributed by atoms with Crippen molar-refractivity contribution in [2.24, 2.45) is 0 Å². The van der Waals surface area contributed by atoms with Crippen molar-refractivity contribution in [1.29, 1.82) is 0 Å². The van der Waals surface area contributed by atoms with E-state index in [4.69, 9.17) is 4.98 Å². The van der Waals surface area contributed by atoms with Gasteiger partial charge < -0.3 is 9.80 Å². The molecule has 4 rings (SSSR count). The number of anilines is 1. The van der Waals surface area contributed by atoms with Crippen LogP contribution in [0.15, 0.2) is 48.5 Å². The molecule has 0 spiro atoms. The van der Waals surface area contributed by atoms with Gasteiger partial charge in [0.15, 0.2) is 0 Å². The first-order valence-corrected chi connectivity index (χ1v) is 11.2. The summed E-state index contributed by atoms with van der Waals surface area (Å²) in [5, 5.41) is 0. The van der Waals surface area contributed by atoms with Crippen molar-refractivity contribution in [2.45, 2.75) is 33.4 Å². The Balaban J connectivity index is 1.51. The molecule has 0 N–H and O–H groups in total. The summed E-state index contributed by atoms with van der Waals surface area (Å²) in [6.45, 7) is 7.79. The van der Waals surface area contributed by atoms with Crippen LogP contribution in [-0.2, 0) is 12.6 Å². The number of nitrogens with zero attached hydrogens (tertiary/aromatic N) is 4. The molecule has 2 aromatic carbocycles. The fraction of sp³-hybridized carbons (Fsp3) is 0.346. The van der Waals surface area contributed by atoms with Crippen molar-refractivity contribution in [1.82, 2.24) is 14.9 Å². The van der Waals surface area contributed by atoms with Crippen molar-refractivity contribution in [2.75, 3.05) is 31.1 Å². The summed E-state index contributed by atoms with van der Waals surface area (Å²) in [5.41, 5.74) is 3.57. The Morgan fingerprint density at radius 3 is 2.26 bits per heavy atom. The van der Waals surface area contributed by atoms with Crippen molar-refractivity contribution in [3.8, 4) is 0 Å². The minimum absolute atomic E-state index is 0.0528. The van der Waals surface area contributed by atoms with Crippen LogP contribution in [0.1, 0.15) is 44.1 Å². The number of benzene rings is 2. The highest BCUT2D eigenvalue weighted by Gasteiger charge is 2.32. The number of rotatable bonds is 4. The number of alkyl halides is 3. The summed E-state index contributed by atoms with van der Waals surface area (Å²) >= 11 is 0. The number of hydrogen-bond donors (Lipinski definition) is 0. The Labute approximate surface area is 197 Å². The van der Waals surface area contributed by atoms with E-state index in [1.165, 1.54) is 23.3 Å². The second kappa shape index (κ2) is 9.44. The van der Waals surface area contributed by atoms with E-state index < -0.39 is 11.7 Å². The van der Waals surface area contributed by atoms with Gasteiger partial charge in [-0.25, -0.2) is 9.97 Å². The van der Waals surface area contributed by atoms with Gasteiger partial charge in [-0.2, -0.15) is 13.2 Å². The van der Waals surface area contributed by atoms with Gasteiger partial charge in [0.2, 0.25) is 0 Å². The molecule has 2 heterocycles. The SMILES string of the molecule is Cc1ccc(Cc2c(C)nc(C)nc2N2CCN(C(=O)c3cccc(C(F)(F)F)c3)CC2)cc1. The Morgan fingerprint density at radius 2 is 1.62 bits per heavy atom. The van der Waals surface area contributed by atoms with E-state index in [1.54, 1.807) is 4.90 Å². The molecule has 0 unspecified atom stereocenters. The lowest BCUT2D eigenvalue weighted by Crippen LogP contribution is -2.49. The number of carbonyl (C=O) groups excluding carboxylic acids is 1. The van der Waals surface area contributed by atoms with Crippen LogP contribution in [0.5, 0.6) is 0 Å². The molecule has 1 aliphatic rings. The molecule has 0 atom stereocenters. The fourth-order valence-corrected chi connectivity index (χ4v) is 4.23. The second-order valence-electron chi connectivity index (χ2n) is 8.68. The topological polar surface area (TPSA) is 49.3 Å². The molecule has 0 saturated carbocycles. The second-order valence-corrected chi connectivity index (χ2v) is 8.68. The highest BCUT2D eigenvalue weighted by atomic mass is 19.4. The third-order valence-electron chi connectivity index (χ3n) is 6.11. The van der Waals surface area contributed by atoms with Gasteiger partial charge in [-0.15, -0.1) is 0 Å². The van der Waals surface area contributed by atoms with Gasteiger partial charge >= 0.3 is 6.18 Å². The molecule has 5 nitrogen and oxygen atoms in total. The monoisotopic (exact) mass is 468 g/mol. The molecular formula is C26H27F3N4O. The van der Waals surface area contributed by atoms with E-state index >= 15 is 0 Å². The van der Waals surface area contributed by atoms with Crippen LogP contribution in [0.3, 0.4) is 0 Å². The maximum atomic E-state index is 13.0. The molecule has 3 aromatic rings. The zero-order valence-corrected chi connectivity index (χ0v) is 19.5. The molecule has 0 radical (unpaired) electrons. The third kappa shape index (κ3) is 5.21. The molecule has 34 heavy (non-hydrogen) atoms. The number of aryl methyl sites for hydroxylation is 3. The van der Waals surface area contributed by atoms with E-state index in [0.29, 0.717) is 38.4 Å². The molecule has 0 bridgehead atoms. The van der Waals surface area contributed by atoms with Gasteiger partial charge in [-0.1, -0.05) is 35.9 Å². The minimum Gasteiger partial charge on any atom is -0.353 e. The molecule has 1 saturated heterocycles. The minimum atomic E-state index is -4.48. The van der Waals surface area contributed by atoms with Gasteiger partial charge in [0.05, 0.1) is 5.56 Å². The molecule has 178 valence electrons. The van der Waals surface area contributed by atoms with Gasteiger partial charge in [0, 0.05) is 49.4 Å². The first-order chi connectivity index (χ1) is 16.1. The Hall–Kier alpha value is -3.42. The zero-order valence-electron chi connectivity index (χ0n) is 19.5. The van der Waals surface area contributed by atoms with Crippen LogP contribution in [0.25, 0.3) is 0 Å². The van der Waals surface area contributed by atoms with E-state index in [2.05, 4.69) is 41.1 Å². The Kier molecular flexibility index (Phi) is 6.59. The first-order valence-electron chi connectivity index (χ1n) is 11.2. The van der Waals surface area contributed by atoms with Gasteiger partial charge in [-0.3, -0.25) is 4.79 Å². The summed E-state index contributed by atoms with van der Waals surface area (Å²) in [4.78, 5) is 25.9. The summed E-state index contributed by atoms with van der Waals surface area (Å²) in [6, 6.07) is 13.0. The van der Waals surface area contributed by atoms with Crippen molar-refractivity contribution in [3.63, 3.8) is 0 Å². The molecule has 0 aliphatic carbocycles. The smallest absolute Gasteiger partial charge is 0.353 e. The van der Waals surface area contributed by atoms with Crippen LogP contribution in [0.2, 0.25) is 0 Å². The molecular weight excluding hydrogens is 441 g/mol. The molecule has 1 amide bonds. The quantitative estimate of drug-likeness (QED) is 0.542.